The number of ketones is 3. The van der Waals surface area contributed by atoms with Crippen molar-refractivity contribution in [2.45, 2.75) is 13.8 Å². The normalized spacial score (nSPS) is 15.8. The fourth-order valence-electron chi connectivity index (χ4n) is 2.84. The van der Waals surface area contributed by atoms with Crippen LogP contribution in [-0.2, 0) is 4.79 Å². The Morgan fingerprint density at radius 1 is 1.00 bits per heavy atom. The number of benzene rings is 1. The van der Waals surface area contributed by atoms with E-state index in [1.807, 2.05) is 0 Å². The second-order valence-electron chi connectivity index (χ2n) is 5.66. The van der Waals surface area contributed by atoms with Gasteiger partial charge in [-0.05, 0) is 37.6 Å². The summed E-state index contributed by atoms with van der Waals surface area (Å²) in [5.74, 6) is -0.436. The molecule has 1 aromatic heterocycles. The highest BCUT2D eigenvalue weighted by Crippen LogP contribution is 2.36. The van der Waals surface area contributed by atoms with Crippen molar-refractivity contribution in [3.8, 4) is 11.5 Å². The second kappa shape index (κ2) is 4.92. The zero-order valence-electron chi connectivity index (χ0n) is 13.0. The van der Waals surface area contributed by atoms with E-state index in [0.29, 0.717) is 28.2 Å². The van der Waals surface area contributed by atoms with E-state index in [1.165, 1.54) is 6.26 Å². The van der Waals surface area contributed by atoms with E-state index in [9.17, 15) is 14.4 Å². The number of allylic oxidation sites excluding steroid dienone is 2. The molecule has 1 aliphatic heterocycles. The van der Waals surface area contributed by atoms with Gasteiger partial charge in [-0.25, -0.2) is 0 Å². The maximum Gasteiger partial charge on any atom is 0.237 e. The number of hydrogen-bond acceptors (Lipinski definition) is 6. The molecular weight excluding hydrogens is 312 g/mol. The van der Waals surface area contributed by atoms with Crippen LogP contribution in [0.25, 0.3) is 5.57 Å². The SMILES string of the molecule is CC1=C(C)c2occ(C(=O)c3ccc4c(c3)OCO4)c2C(=O)C1=O. The number of furan rings is 1. The molecule has 120 valence electrons. The molecule has 2 heterocycles. The summed E-state index contributed by atoms with van der Waals surface area (Å²) >= 11 is 0. The third-order valence-corrected chi connectivity index (χ3v) is 4.35. The number of fused-ring (bicyclic) bond motifs is 2. The maximum absolute atomic E-state index is 12.8. The molecule has 6 nitrogen and oxygen atoms in total. The van der Waals surface area contributed by atoms with Crippen molar-refractivity contribution in [3.63, 3.8) is 0 Å². The lowest BCUT2D eigenvalue weighted by molar-refractivity contribution is -0.111. The number of carbonyl (C=O) groups is 3. The largest absolute Gasteiger partial charge is 0.463 e. The molecule has 0 N–H and O–H groups in total. The van der Waals surface area contributed by atoms with Crippen LogP contribution in [-0.4, -0.2) is 24.1 Å². The lowest BCUT2D eigenvalue weighted by Crippen LogP contribution is -2.23. The van der Waals surface area contributed by atoms with Gasteiger partial charge in [-0.1, -0.05) is 0 Å². The van der Waals surface area contributed by atoms with E-state index in [1.54, 1.807) is 32.0 Å². The summed E-state index contributed by atoms with van der Waals surface area (Å²) in [6, 6.07) is 4.76. The summed E-state index contributed by atoms with van der Waals surface area (Å²) in [6.45, 7) is 3.36. The van der Waals surface area contributed by atoms with Gasteiger partial charge in [0.15, 0.2) is 17.3 Å². The highest BCUT2D eigenvalue weighted by atomic mass is 16.7. The molecule has 24 heavy (non-hydrogen) atoms. The Morgan fingerprint density at radius 3 is 2.54 bits per heavy atom. The van der Waals surface area contributed by atoms with Crippen LogP contribution in [0.2, 0.25) is 0 Å². The summed E-state index contributed by atoms with van der Waals surface area (Å²) in [7, 11) is 0. The molecule has 1 aliphatic carbocycles. The van der Waals surface area contributed by atoms with E-state index < -0.39 is 17.3 Å². The van der Waals surface area contributed by atoms with Crippen molar-refractivity contribution in [2.24, 2.45) is 0 Å². The number of carbonyl (C=O) groups excluding carboxylic acids is 3. The first-order valence-corrected chi connectivity index (χ1v) is 7.31. The first-order chi connectivity index (χ1) is 11.5. The quantitative estimate of drug-likeness (QED) is 0.624. The summed E-state index contributed by atoms with van der Waals surface area (Å²) in [4.78, 5) is 37.2. The predicted molar refractivity (Wildman–Crippen MR) is 82.3 cm³/mol. The van der Waals surface area contributed by atoms with Gasteiger partial charge < -0.3 is 13.9 Å². The van der Waals surface area contributed by atoms with Crippen LogP contribution in [0.5, 0.6) is 11.5 Å². The van der Waals surface area contributed by atoms with Crippen molar-refractivity contribution in [3.05, 3.63) is 52.5 Å². The Balaban J connectivity index is 1.82. The van der Waals surface area contributed by atoms with Crippen LogP contribution in [0.4, 0.5) is 0 Å². The van der Waals surface area contributed by atoms with Gasteiger partial charge in [0.05, 0.1) is 11.1 Å². The van der Waals surface area contributed by atoms with Gasteiger partial charge in [0.1, 0.15) is 12.0 Å². The number of ether oxygens (including phenoxy) is 2. The predicted octanol–water partition coefficient (Wildman–Crippen LogP) is 2.80. The Kier molecular flexibility index (Phi) is 2.96. The van der Waals surface area contributed by atoms with Crippen LogP contribution in [0, 0.1) is 0 Å². The van der Waals surface area contributed by atoms with E-state index in [0.717, 1.165) is 0 Å². The van der Waals surface area contributed by atoms with Gasteiger partial charge in [0, 0.05) is 11.1 Å². The van der Waals surface area contributed by atoms with Crippen molar-refractivity contribution in [2.75, 3.05) is 6.79 Å². The standard InChI is InChI=1S/C18H12O6/c1-8-9(2)18-14(17(21)15(8)19)11(6-22-18)16(20)10-3-4-12-13(5-10)24-7-23-12/h3-6H,7H2,1-2H3. The first-order valence-electron chi connectivity index (χ1n) is 7.31. The minimum absolute atomic E-state index is 0.0331. The lowest BCUT2D eigenvalue weighted by Gasteiger charge is -2.12. The van der Waals surface area contributed by atoms with Gasteiger partial charge >= 0.3 is 0 Å². The fraction of sp³-hybridized carbons (Fsp3) is 0.167. The monoisotopic (exact) mass is 324 g/mol. The molecule has 0 atom stereocenters. The fourth-order valence-corrected chi connectivity index (χ4v) is 2.84. The molecule has 0 radical (unpaired) electrons. The van der Waals surface area contributed by atoms with Crippen molar-refractivity contribution in [1.29, 1.82) is 0 Å². The van der Waals surface area contributed by atoms with E-state index in [-0.39, 0.29) is 23.7 Å². The molecule has 1 aromatic carbocycles. The third kappa shape index (κ3) is 1.86. The minimum atomic E-state index is -0.717. The van der Waals surface area contributed by atoms with E-state index >= 15 is 0 Å². The summed E-state index contributed by atoms with van der Waals surface area (Å²) in [6.07, 6.45) is 1.23. The van der Waals surface area contributed by atoms with Crippen LogP contribution < -0.4 is 9.47 Å². The summed E-state index contributed by atoms with van der Waals surface area (Å²) < 4.78 is 15.9. The van der Waals surface area contributed by atoms with Crippen LogP contribution in [0.1, 0.15) is 45.9 Å². The van der Waals surface area contributed by atoms with Crippen LogP contribution in [0.15, 0.2) is 34.5 Å². The average Bonchev–Trinajstić information content (AvgIpc) is 3.23. The number of Topliss-reactive ketones (excluding diaryl/α,β-unsaturated/α-hetero) is 2. The average molecular weight is 324 g/mol. The van der Waals surface area contributed by atoms with Gasteiger partial charge in [-0.15, -0.1) is 0 Å². The molecule has 2 aliphatic rings. The maximum atomic E-state index is 12.8. The molecule has 0 saturated carbocycles. The Labute approximate surface area is 136 Å². The molecule has 0 spiro atoms. The number of hydrogen-bond donors (Lipinski definition) is 0. The molecule has 4 rings (SSSR count). The van der Waals surface area contributed by atoms with Crippen molar-refractivity contribution < 1.29 is 28.3 Å². The first kappa shape index (κ1) is 14.4. The summed E-state index contributed by atoms with van der Waals surface area (Å²) in [5, 5.41) is 0. The van der Waals surface area contributed by atoms with Crippen molar-refractivity contribution >= 4 is 22.9 Å². The molecule has 0 saturated heterocycles. The highest BCUT2D eigenvalue weighted by molar-refractivity contribution is 6.53. The Morgan fingerprint density at radius 2 is 1.75 bits per heavy atom. The van der Waals surface area contributed by atoms with Gasteiger partial charge in [0.2, 0.25) is 18.4 Å². The molecule has 0 unspecified atom stereocenters. The molecule has 0 amide bonds. The minimum Gasteiger partial charge on any atom is -0.463 e. The second-order valence-corrected chi connectivity index (χ2v) is 5.66. The topological polar surface area (TPSA) is 82.8 Å². The zero-order valence-corrected chi connectivity index (χ0v) is 13.0. The molecule has 6 heteroatoms. The van der Waals surface area contributed by atoms with Crippen LogP contribution in [0.3, 0.4) is 0 Å². The smallest absolute Gasteiger partial charge is 0.237 e. The lowest BCUT2D eigenvalue weighted by atomic mass is 9.87. The molecule has 0 bridgehead atoms. The van der Waals surface area contributed by atoms with E-state index in [4.69, 9.17) is 13.9 Å². The molecular formula is C18H12O6. The van der Waals surface area contributed by atoms with E-state index in [2.05, 4.69) is 0 Å². The molecule has 2 aromatic rings. The highest BCUT2D eigenvalue weighted by Gasteiger charge is 2.36. The van der Waals surface area contributed by atoms with Gasteiger partial charge in [-0.2, -0.15) is 0 Å². The van der Waals surface area contributed by atoms with Crippen LogP contribution >= 0.6 is 0 Å². The zero-order chi connectivity index (χ0) is 17.0. The summed E-state index contributed by atoms with van der Waals surface area (Å²) in [5.41, 5.74) is 1.34. The van der Waals surface area contributed by atoms with Crippen molar-refractivity contribution in [1.82, 2.24) is 0 Å². The van der Waals surface area contributed by atoms with Gasteiger partial charge in [-0.3, -0.25) is 14.4 Å². The molecule has 0 fully saturated rings. The Bertz CT molecular complexity index is 960. The Hall–Kier alpha value is -3.15. The van der Waals surface area contributed by atoms with Gasteiger partial charge in [0.25, 0.3) is 0 Å². The third-order valence-electron chi connectivity index (χ3n) is 4.35. The number of rotatable bonds is 2.